The first kappa shape index (κ1) is 18.5. The summed E-state index contributed by atoms with van der Waals surface area (Å²) >= 11 is 0. The highest BCUT2D eigenvalue weighted by Crippen LogP contribution is 2.36. The highest BCUT2D eigenvalue weighted by Gasteiger charge is 2.39. The monoisotopic (exact) mass is 361 g/mol. The minimum absolute atomic E-state index is 0. The third-order valence-corrected chi connectivity index (χ3v) is 6.09. The lowest BCUT2D eigenvalue weighted by Gasteiger charge is -2.35. The number of fused-ring (bicyclic) bond motifs is 3. The molecule has 0 aromatic heterocycles. The molecule has 2 heterocycles. The number of carbonyl (C=O) groups is 1. The molecule has 1 aromatic carbocycles. The van der Waals surface area contributed by atoms with Crippen molar-refractivity contribution in [3.8, 4) is 0 Å². The molecule has 2 bridgehead atoms. The Morgan fingerprint density at radius 1 is 1.20 bits per heavy atom. The number of allylic oxidation sites excluding steroid dienone is 1. The summed E-state index contributed by atoms with van der Waals surface area (Å²) in [5.74, 6) is -0.0492. The number of aryl methyl sites for hydroxylation is 1. The number of rotatable bonds is 3. The first-order valence-electron chi connectivity index (χ1n) is 9.39. The van der Waals surface area contributed by atoms with Gasteiger partial charge in [-0.1, -0.05) is 30.3 Å². The molecule has 4 rings (SSSR count). The van der Waals surface area contributed by atoms with Crippen molar-refractivity contribution < 1.29 is 9.53 Å². The summed E-state index contributed by atoms with van der Waals surface area (Å²) < 4.78 is 5.87. The van der Waals surface area contributed by atoms with Crippen molar-refractivity contribution in [3.05, 3.63) is 41.5 Å². The maximum atomic E-state index is 12.5. The zero-order valence-corrected chi connectivity index (χ0v) is 15.8. The van der Waals surface area contributed by atoms with Crippen LogP contribution in [-0.4, -0.2) is 36.1 Å². The Morgan fingerprint density at radius 3 is 2.68 bits per heavy atom. The van der Waals surface area contributed by atoms with Crippen LogP contribution < -0.4 is 0 Å². The molecule has 1 aromatic rings. The van der Waals surface area contributed by atoms with E-state index in [1.165, 1.54) is 24.0 Å². The van der Waals surface area contributed by atoms with Gasteiger partial charge in [0.05, 0.1) is 6.42 Å². The molecule has 2 fully saturated rings. The van der Waals surface area contributed by atoms with Crippen molar-refractivity contribution in [2.24, 2.45) is 0 Å². The molecule has 2 aliphatic heterocycles. The number of hydrogen-bond acceptors (Lipinski definition) is 3. The third-order valence-electron chi connectivity index (χ3n) is 6.09. The predicted molar refractivity (Wildman–Crippen MR) is 103 cm³/mol. The number of benzene rings is 1. The van der Waals surface area contributed by atoms with E-state index in [9.17, 15) is 4.79 Å². The van der Waals surface area contributed by atoms with Gasteiger partial charge in [-0.3, -0.25) is 4.79 Å². The van der Waals surface area contributed by atoms with Crippen molar-refractivity contribution in [1.29, 1.82) is 0 Å². The minimum Gasteiger partial charge on any atom is -0.462 e. The molecule has 0 spiro atoms. The van der Waals surface area contributed by atoms with E-state index < -0.39 is 0 Å². The van der Waals surface area contributed by atoms with E-state index in [1.807, 2.05) is 0 Å². The second kappa shape index (κ2) is 7.92. The maximum Gasteiger partial charge on any atom is 0.310 e. The fourth-order valence-electron chi connectivity index (χ4n) is 4.74. The Morgan fingerprint density at radius 2 is 1.92 bits per heavy atom. The lowest BCUT2D eigenvalue weighted by molar-refractivity contribution is -0.151. The average Bonchev–Trinajstić information content (AvgIpc) is 2.77. The summed E-state index contributed by atoms with van der Waals surface area (Å²) in [7, 11) is 2.22. The molecule has 0 saturated carbocycles. The van der Waals surface area contributed by atoms with Crippen molar-refractivity contribution in [3.63, 3.8) is 0 Å². The van der Waals surface area contributed by atoms with Gasteiger partial charge in [0.25, 0.3) is 0 Å². The van der Waals surface area contributed by atoms with Crippen molar-refractivity contribution in [1.82, 2.24) is 4.90 Å². The zero-order valence-electron chi connectivity index (χ0n) is 14.9. The quantitative estimate of drug-likeness (QED) is 0.748. The Hall–Kier alpha value is -1.32. The van der Waals surface area contributed by atoms with Crippen LogP contribution in [0.1, 0.15) is 56.1 Å². The Kier molecular flexibility index (Phi) is 5.85. The SMILES string of the molecule is CN1C2CCC1CC(OC(=O)CC1=CCCCc3ccccc31)C2.Cl. The number of hydrogen-bond donors (Lipinski definition) is 0. The van der Waals surface area contributed by atoms with E-state index in [-0.39, 0.29) is 24.5 Å². The lowest BCUT2D eigenvalue weighted by atomic mass is 9.97. The van der Waals surface area contributed by atoms with E-state index in [1.54, 1.807) is 0 Å². The number of nitrogens with zero attached hydrogens (tertiary/aromatic N) is 1. The van der Waals surface area contributed by atoms with Crippen LogP contribution in [0.25, 0.3) is 5.57 Å². The fraction of sp³-hybridized carbons (Fsp3) is 0.571. The van der Waals surface area contributed by atoms with E-state index >= 15 is 0 Å². The molecule has 2 unspecified atom stereocenters. The maximum absolute atomic E-state index is 12.5. The van der Waals surface area contributed by atoms with Gasteiger partial charge in [0.1, 0.15) is 6.10 Å². The molecule has 136 valence electrons. The standard InChI is InChI=1S/C21H27NO2.ClH/c1-22-17-10-11-18(22)14-19(13-17)24-21(23)12-16-8-3-2-6-15-7-4-5-9-20(15)16;/h4-5,7-9,17-19H,2-3,6,10-14H2,1H3;1H. The number of esters is 1. The van der Waals surface area contributed by atoms with Crippen LogP contribution in [0.5, 0.6) is 0 Å². The van der Waals surface area contributed by atoms with Crippen molar-refractivity contribution in [2.45, 2.75) is 69.6 Å². The normalized spacial score (nSPS) is 28.4. The highest BCUT2D eigenvalue weighted by atomic mass is 35.5. The van der Waals surface area contributed by atoms with E-state index in [0.717, 1.165) is 37.7 Å². The molecule has 3 aliphatic rings. The van der Waals surface area contributed by atoms with E-state index in [2.05, 4.69) is 42.3 Å². The van der Waals surface area contributed by atoms with E-state index in [0.29, 0.717) is 18.5 Å². The molecule has 0 N–H and O–H groups in total. The van der Waals surface area contributed by atoms with Crippen LogP contribution in [0.4, 0.5) is 0 Å². The minimum atomic E-state index is -0.0492. The van der Waals surface area contributed by atoms with Gasteiger partial charge in [-0.2, -0.15) is 0 Å². The van der Waals surface area contributed by atoms with Gasteiger partial charge < -0.3 is 9.64 Å². The molecule has 4 heteroatoms. The van der Waals surface area contributed by atoms with Crippen LogP contribution in [-0.2, 0) is 16.0 Å². The van der Waals surface area contributed by atoms with Crippen LogP contribution in [0, 0.1) is 0 Å². The summed E-state index contributed by atoms with van der Waals surface area (Å²) in [6.45, 7) is 0. The van der Waals surface area contributed by atoms with Crippen LogP contribution >= 0.6 is 12.4 Å². The average molecular weight is 362 g/mol. The Bertz CT molecular complexity index is 643. The van der Waals surface area contributed by atoms with Gasteiger partial charge in [-0.25, -0.2) is 0 Å². The summed E-state index contributed by atoms with van der Waals surface area (Å²) in [4.78, 5) is 15.0. The van der Waals surface area contributed by atoms with Gasteiger partial charge in [0.2, 0.25) is 0 Å². The number of carbonyl (C=O) groups excluding carboxylic acids is 1. The third kappa shape index (κ3) is 3.93. The largest absolute Gasteiger partial charge is 0.462 e. The highest BCUT2D eigenvalue weighted by molar-refractivity contribution is 5.86. The summed E-state index contributed by atoms with van der Waals surface area (Å²) in [6, 6.07) is 9.72. The molecular weight excluding hydrogens is 334 g/mol. The molecule has 0 radical (unpaired) electrons. The number of halogens is 1. The van der Waals surface area contributed by atoms with Crippen LogP contribution in [0.3, 0.4) is 0 Å². The fourth-order valence-corrected chi connectivity index (χ4v) is 4.74. The molecule has 1 aliphatic carbocycles. The van der Waals surface area contributed by atoms with Crippen molar-refractivity contribution >= 4 is 23.9 Å². The van der Waals surface area contributed by atoms with Crippen LogP contribution in [0.15, 0.2) is 30.3 Å². The van der Waals surface area contributed by atoms with Gasteiger partial charge in [0, 0.05) is 12.1 Å². The Labute approximate surface area is 156 Å². The van der Waals surface area contributed by atoms with E-state index in [4.69, 9.17) is 4.74 Å². The number of ether oxygens (including phenoxy) is 1. The second-order valence-electron chi connectivity index (χ2n) is 7.59. The predicted octanol–water partition coefficient (Wildman–Crippen LogP) is 4.39. The summed E-state index contributed by atoms with van der Waals surface area (Å²) in [5, 5.41) is 0. The smallest absolute Gasteiger partial charge is 0.310 e. The lowest BCUT2D eigenvalue weighted by Crippen LogP contribution is -2.43. The van der Waals surface area contributed by atoms with Gasteiger partial charge >= 0.3 is 5.97 Å². The molecule has 2 saturated heterocycles. The Balaban J connectivity index is 0.00000182. The molecular formula is C21H28ClNO2. The first-order valence-corrected chi connectivity index (χ1v) is 9.39. The second-order valence-corrected chi connectivity index (χ2v) is 7.59. The molecule has 3 nitrogen and oxygen atoms in total. The number of piperidine rings is 1. The van der Waals surface area contributed by atoms with Gasteiger partial charge in [-0.15, -0.1) is 12.4 Å². The first-order chi connectivity index (χ1) is 11.7. The molecule has 2 atom stereocenters. The zero-order chi connectivity index (χ0) is 16.5. The van der Waals surface area contributed by atoms with Gasteiger partial charge in [0.15, 0.2) is 0 Å². The van der Waals surface area contributed by atoms with Crippen LogP contribution in [0.2, 0.25) is 0 Å². The molecule has 25 heavy (non-hydrogen) atoms. The topological polar surface area (TPSA) is 29.5 Å². The van der Waals surface area contributed by atoms with Gasteiger partial charge in [-0.05, 0) is 68.7 Å². The summed E-state index contributed by atoms with van der Waals surface area (Å²) in [5.41, 5.74) is 3.77. The molecule has 0 amide bonds. The van der Waals surface area contributed by atoms with Crippen molar-refractivity contribution in [2.75, 3.05) is 7.05 Å². The summed E-state index contributed by atoms with van der Waals surface area (Å²) in [6.07, 6.45) is 10.6.